The van der Waals surface area contributed by atoms with Gasteiger partial charge in [0.15, 0.2) is 11.5 Å². The van der Waals surface area contributed by atoms with Crippen molar-refractivity contribution in [2.45, 2.75) is 64.4 Å². The molecule has 6 atom stereocenters. The Morgan fingerprint density at radius 2 is 1.92 bits per heavy atom. The van der Waals surface area contributed by atoms with E-state index in [1.807, 2.05) is 6.92 Å². The number of hydrogen-bond acceptors (Lipinski definition) is 5. The molecule has 0 unspecified atom stereocenters. The van der Waals surface area contributed by atoms with Crippen LogP contribution in [0.2, 0.25) is 0 Å². The summed E-state index contributed by atoms with van der Waals surface area (Å²) in [4.78, 5) is 25.2. The molecule has 26 heavy (non-hydrogen) atoms. The molecular weight excluding hydrogens is 332 g/mol. The van der Waals surface area contributed by atoms with Crippen molar-refractivity contribution in [3.63, 3.8) is 0 Å². The van der Waals surface area contributed by atoms with Crippen molar-refractivity contribution >= 4 is 11.6 Å². The van der Waals surface area contributed by atoms with Crippen LogP contribution in [0.25, 0.3) is 0 Å². The van der Waals surface area contributed by atoms with E-state index in [4.69, 9.17) is 0 Å². The predicted molar refractivity (Wildman–Crippen MR) is 95.4 cm³/mol. The minimum absolute atomic E-state index is 0.115. The molecule has 5 nitrogen and oxygen atoms in total. The van der Waals surface area contributed by atoms with Gasteiger partial charge in [-0.05, 0) is 55.4 Å². The van der Waals surface area contributed by atoms with Gasteiger partial charge in [0.25, 0.3) is 0 Å². The molecule has 0 aliphatic heterocycles. The Kier molecular flexibility index (Phi) is 3.72. The van der Waals surface area contributed by atoms with E-state index in [0.717, 1.165) is 31.3 Å². The molecule has 142 valence electrons. The third kappa shape index (κ3) is 2.01. The van der Waals surface area contributed by atoms with Gasteiger partial charge in [0.05, 0.1) is 0 Å². The maximum Gasteiger partial charge on any atom is 0.159 e. The van der Waals surface area contributed by atoms with Crippen LogP contribution in [0.3, 0.4) is 0 Å². The van der Waals surface area contributed by atoms with Crippen LogP contribution in [-0.4, -0.2) is 32.5 Å². The van der Waals surface area contributed by atoms with Gasteiger partial charge >= 0.3 is 0 Å². The Balaban J connectivity index is 1.76. The lowest BCUT2D eigenvalue weighted by Crippen LogP contribution is -2.58. The molecule has 4 rings (SSSR count). The molecule has 3 saturated carbocycles. The molecule has 0 amide bonds. The summed E-state index contributed by atoms with van der Waals surface area (Å²) < 4.78 is 0. The second kappa shape index (κ2) is 5.44. The highest BCUT2D eigenvalue weighted by Crippen LogP contribution is 2.67. The van der Waals surface area contributed by atoms with Crippen LogP contribution in [-0.2, 0) is 9.59 Å². The fourth-order valence-electron chi connectivity index (χ4n) is 6.92. The maximum atomic E-state index is 13.3. The normalized spacial score (nSPS) is 48.5. The topological polar surface area (TPSA) is 94.8 Å². The van der Waals surface area contributed by atoms with Crippen LogP contribution in [0.1, 0.15) is 58.8 Å². The molecule has 0 aromatic heterocycles. The number of ketones is 2. The van der Waals surface area contributed by atoms with E-state index in [-0.39, 0.29) is 41.2 Å². The van der Waals surface area contributed by atoms with E-state index in [9.17, 15) is 24.9 Å². The first-order valence-electron chi connectivity index (χ1n) is 9.70. The average molecular weight is 360 g/mol. The van der Waals surface area contributed by atoms with Crippen molar-refractivity contribution in [2.75, 3.05) is 0 Å². The molecule has 0 aromatic carbocycles. The molecule has 0 bridgehead atoms. The summed E-state index contributed by atoms with van der Waals surface area (Å²) in [6.07, 6.45) is 6.50. The summed E-state index contributed by atoms with van der Waals surface area (Å²) in [5.41, 5.74) is -1.45. The van der Waals surface area contributed by atoms with Crippen LogP contribution in [0.4, 0.5) is 0 Å². The number of aliphatic hydroxyl groups is 3. The highest BCUT2D eigenvalue weighted by atomic mass is 16.3. The molecule has 5 heteroatoms. The van der Waals surface area contributed by atoms with Gasteiger partial charge in [0.2, 0.25) is 0 Å². The standard InChI is InChI=1S/C21H28O5/c1-19-7-5-13(23)9-12(19)3-4-14-15-6-8-21(26,17(25)11-22)20(15,2)10-16(24)18(14)19/h9,11,14-15,18,22,25-26H,3-8,10H2,1-2H3/b17-11+/t14-,15-,18+,19-,20-,21-/m0/s1. The Morgan fingerprint density at radius 3 is 2.62 bits per heavy atom. The minimum atomic E-state index is -1.55. The molecule has 4 aliphatic rings. The van der Waals surface area contributed by atoms with Gasteiger partial charge in [-0.1, -0.05) is 19.4 Å². The Bertz CT molecular complexity index is 737. The second-order valence-electron chi connectivity index (χ2n) is 9.31. The van der Waals surface area contributed by atoms with Crippen molar-refractivity contribution in [1.29, 1.82) is 0 Å². The van der Waals surface area contributed by atoms with Gasteiger partial charge in [-0.3, -0.25) is 9.59 Å². The molecule has 0 heterocycles. The van der Waals surface area contributed by atoms with E-state index in [2.05, 4.69) is 6.92 Å². The zero-order valence-corrected chi connectivity index (χ0v) is 15.5. The van der Waals surface area contributed by atoms with Gasteiger partial charge in [0, 0.05) is 24.2 Å². The van der Waals surface area contributed by atoms with Gasteiger partial charge in [-0.2, -0.15) is 0 Å². The molecule has 0 aromatic rings. The van der Waals surface area contributed by atoms with Crippen molar-refractivity contribution in [1.82, 2.24) is 0 Å². The maximum absolute atomic E-state index is 13.3. The molecule has 0 radical (unpaired) electrons. The van der Waals surface area contributed by atoms with Crippen LogP contribution in [0.15, 0.2) is 23.7 Å². The summed E-state index contributed by atoms with van der Waals surface area (Å²) in [5.74, 6) is 0.0147. The SMILES string of the molecule is C[C@]12CCC(=O)C=C1CC[C@@H]1[C@@H]2C(=O)C[C@@]2(C)[C@H]1CC[C@]2(O)/C(O)=C\O. The number of Topliss-reactive ketones (excluding diaryl/α,β-unsaturated/α-hetero) is 1. The highest BCUT2D eigenvalue weighted by Gasteiger charge is 2.67. The van der Waals surface area contributed by atoms with Crippen molar-refractivity contribution in [2.24, 2.45) is 28.6 Å². The first-order chi connectivity index (χ1) is 12.2. The van der Waals surface area contributed by atoms with Crippen molar-refractivity contribution in [3.05, 3.63) is 23.7 Å². The Morgan fingerprint density at radius 1 is 1.19 bits per heavy atom. The zero-order chi connectivity index (χ0) is 18.9. The molecule has 0 saturated heterocycles. The fourth-order valence-corrected chi connectivity index (χ4v) is 6.92. The quantitative estimate of drug-likeness (QED) is 0.623. The van der Waals surface area contributed by atoms with Gasteiger partial charge in [0.1, 0.15) is 17.6 Å². The lowest BCUT2D eigenvalue weighted by molar-refractivity contribution is -0.158. The number of carbonyl (C=O) groups is 2. The number of fused-ring (bicyclic) bond motifs is 5. The smallest absolute Gasteiger partial charge is 0.159 e. The van der Waals surface area contributed by atoms with Crippen LogP contribution < -0.4 is 0 Å². The molecule has 4 aliphatic carbocycles. The zero-order valence-electron chi connectivity index (χ0n) is 15.5. The lowest BCUT2D eigenvalue weighted by atomic mass is 9.46. The van der Waals surface area contributed by atoms with Crippen molar-refractivity contribution < 1.29 is 24.9 Å². The first-order valence-corrected chi connectivity index (χ1v) is 9.70. The summed E-state index contributed by atoms with van der Waals surface area (Å²) in [6, 6.07) is 0. The predicted octanol–water partition coefficient (Wildman–Crippen LogP) is 3.39. The summed E-state index contributed by atoms with van der Waals surface area (Å²) >= 11 is 0. The molecular formula is C21H28O5. The van der Waals surface area contributed by atoms with Crippen molar-refractivity contribution in [3.8, 4) is 0 Å². The number of hydrogen-bond donors (Lipinski definition) is 3. The summed E-state index contributed by atoms with van der Waals surface area (Å²) in [7, 11) is 0. The monoisotopic (exact) mass is 360 g/mol. The van der Waals surface area contributed by atoms with Crippen LogP contribution in [0.5, 0.6) is 0 Å². The van der Waals surface area contributed by atoms with E-state index in [1.165, 1.54) is 0 Å². The third-order valence-corrected chi connectivity index (χ3v) is 8.35. The average Bonchev–Trinajstić information content (AvgIpc) is 2.86. The Hall–Kier alpha value is -1.62. The molecule has 3 N–H and O–H groups in total. The lowest BCUT2D eigenvalue weighted by Gasteiger charge is -2.57. The summed E-state index contributed by atoms with van der Waals surface area (Å²) in [6.45, 7) is 4.02. The third-order valence-electron chi connectivity index (χ3n) is 8.35. The number of aliphatic hydroxyl groups excluding tert-OH is 2. The number of rotatable bonds is 1. The number of carbonyl (C=O) groups excluding carboxylic acids is 2. The fraction of sp³-hybridized carbons (Fsp3) is 0.714. The molecule has 3 fully saturated rings. The first kappa shape index (κ1) is 17.8. The summed E-state index contributed by atoms with van der Waals surface area (Å²) in [5, 5.41) is 30.6. The van der Waals surface area contributed by atoms with E-state index >= 15 is 0 Å². The largest absolute Gasteiger partial charge is 0.512 e. The number of allylic oxidation sites excluding steroid dienone is 1. The molecule has 0 spiro atoms. The Labute approximate surface area is 153 Å². The van der Waals surface area contributed by atoms with E-state index in [0.29, 0.717) is 19.1 Å². The van der Waals surface area contributed by atoms with Gasteiger partial charge in [-0.25, -0.2) is 0 Å². The van der Waals surface area contributed by atoms with E-state index in [1.54, 1.807) is 6.08 Å². The second-order valence-corrected chi connectivity index (χ2v) is 9.31. The van der Waals surface area contributed by atoms with Gasteiger partial charge < -0.3 is 15.3 Å². The van der Waals surface area contributed by atoms with Gasteiger partial charge in [-0.15, -0.1) is 0 Å². The van der Waals surface area contributed by atoms with Crippen LogP contribution in [0, 0.1) is 28.6 Å². The highest BCUT2D eigenvalue weighted by molar-refractivity contribution is 5.93. The minimum Gasteiger partial charge on any atom is -0.512 e. The van der Waals surface area contributed by atoms with E-state index < -0.39 is 16.8 Å². The van der Waals surface area contributed by atoms with Crippen LogP contribution >= 0.6 is 0 Å².